The molecule has 182 valence electrons. The number of halogens is 3. The summed E-state index contributed by atoms with van der Waals surface area (Å²) in [7, 11) is -3.82. The molecule has 0 saturated heterocycles. The molecule has 2 heterocycles. The van der Waals surface area contributed by atoms with E-state index in [4.69, 9.17) is 10.9 Å². The number of aromatic nitrogens is 3. The molecule has 0 aliphatic carbocycles. The van der Waals surface area contributed by atoms with Crippen molar-refractivity contribution in [3.63, 3.8) is 0 Å². The lowest BCUT2D eigenvalue weighted by Gasteiger charge is -2.13. The van der Waals surface area contributed by atoms with Gasteiger partial charge in [-0.15, -0.1) is 0 Å². The highest BCUT2D eigenvalue weighted by Crippen LogP contribution is 2.27. The minimum Gasteiger partial charge on any atom is -0.399 e. The molecule has 6 N–H and O–H groups in total. The Bertz CT molecular complexity index is 1460. The second-order valence-electron chi connectivity index (χ2n) is 7.59. The van der Waals surface area contributed by atoms with Gasteiger partial charge in [-0.1, -0.05) is 24.3 Å². The van der Waals surface area contributed by atoms with Gasteiger partial charge in [0.25, 0.3) is 0 Å². The van der Waals surface area contributed by atoms with E-state index in [9.17, 15) is 21.6 Å². The molecule has 2 aromatic heterocycles. The predicted molar refractivity (Wildman–Crippen MR) is 127 cm³/mol. The molecular formula is C22H20F3N7O2S. The summed E-state index contributed by atoms with van der Waals surface area (Å²) in [4.78, 5) is 13.0. The smallest absolute Gasteiger partial charge is 0.399 e. The third kappa shape index (κ3) is 6.13. The number of hydrogen-bond acceptors (Lipinski definition) is 8. The van der Waals surface area contributed by atoms with Gasteiger partial charge < -0.3 is 16.4 Å². The summed E-state index contributed by atoms with van der Waals surface area (Å²) in [5, 5.41) is 10.3. The third-order valence-electron chi connectivity index (χ3n) is 4.91. The lowest BCUT2D eigenvalue weighted by molar-refractivity contribution is -0.115. The number of pyridine rings is 1. The Morgan fingerprint density at radius 1 is 0.857 bits per heavy atom. The largest absolute Gasteiger partial charge is 0.405 e. The summed E-state index contributed by atoms with van der Waals surface area (Å²) in [5.41, 5.74) is 8.72. The molecule has 0 aliphatic heterocycles. The molecule has 0 unspecified atom stereocenters. The average Bonchev–Trinajstić information content (AvgIpc) is 2.80. The number of nitrogens with two attached hydrogens (primary N) is 2. The van der Waals surface area contributed by atoms with Crippen molar-refractivity contribution in [2.45, 2.75) is 17.6 Å². The van der Waals surface area contributed by atoms with E-state index in [0.29, 0.717) is 22.5 Å². The van der Waals surface area contributed by atoms with Crippen LogP contribution in [0.25, 0.3) is 22.3 Å². The fourth-order valence-electron chi connectivity index (χ4n) is 3.19. The number of primary sulfonamides is 1. The molecule has 2 aromatic carbocycles. The van der Waals surface area contributed by atoms with Crippen molar-refractivity contribution in [1.82, 2.24) is 15.0 Å². The predicted octanol–water partition coefficient (Wildman–Crippen LogP) is 3.51. The van der Waals surface area contributed by atoms with Crippen molar-refractivity contribution >= 4 is 38.5 Å². The van der Waals surface area contributed by atoms with Crippen molar-refractivity contribution in [1.29, 1.82) is 0 Å². The average molecular weight is 504 g/mol. The molecular weight excluding hydrogens is 483 g/mol. The first-order valence-electron chi connectivity index (χ1n) is 10.2. The van der Waals surface area contributed by atoms with E-state index in [2.05, 4.69) is 25.6 Å². The molecule has 0 bridgehead atoms. The van der Waals surface area contributed by atoms with Crippen LogP contribution in [0.5, 0.6) is 0 Å². The van der Waals surface area contributed by atoms with Gasteiger partial charge in [0.1, 0.15) is 12.1 Å². The summed E-state index contributed by atoms with van der Waals surface area (Å²) in [6.07, 6.45) is -4.47. The number of rotatable bonds is 7. The van der Waals surface area contributed by atoms with E-state index >= 15 is 0 Å². The Balaban J connectivity index is 1.65. The highest BCUT2D eigenvalue weighted by molar-refractivity contribution is 7.89. The molecule has 35 heavy (non-hydrogen) atoms. The van der Waals surface area contributed by atoms with E-state index in [1.807, 2.05) is 0 Å². The maximum absolute atomic E-state index is 12.9. The summed E-state index contributed by atoms with van der Waals surface area (Å²) in [6, 6.07) is 16.1. The minimum atomic E-state index is -4.47. The molecule has 4 rings (SSSR count). The van der Waals surface area contributed by atoms with Crippen LogP contribution in [0.3, 0.4) is 0 Å². The van der Waals surface area contributed by atoms with Crippen molar-refractivity contribution in [3.05, 3.63) is 66.2 Å². The standard InChI is InChI=1S/C22H20F3N7O2S/c23-22(24,25)12-29-20-19-18(10-9-17(30-19)14-3-5-15(26)6-4-14)31-21(32-20)28-11-13-1-7-16(8-2-13)35(27,33)34/h1-10H,11-12,26H2,(H2,27,33,34)(H2,28,29,31,32). The highest BCUT2D eigenvalue weighted by atomic mass is 32.2. The fraction of sp³-hybridized carbons (Fsp3) is 0.136. The topological polar surface area (TPSA) is 149 Å². The highest BCUT2D eigenvalue weighted by Gasteiger charge is 2.27. The van der Waals surface area contributed by atoms with Crippen LogP contribution in [0.4, 0.5) is 30.6 Å². The molecule has 0 atom stereocenters. The zero-order chi connectivity index (χ0) is 25.2. The number of nitrogens with zero attached hydrogens (tertiary/aromatic N) is 3. The first-order chi connectivity index (χ1) is 16.5. The quantitative estimate of drug-likeness (QED) is 0.280. The Labute approximate surface area is 198 Å². The van der Waals surface area contributed by atoms with Crippen molar-refractivity contribution in [2.24, 2.45) is 5.14 Å². The second kappa shape index (κ2) is 9.35. The van der Waals surface area contributed by atoms with E-state index in [-0.39, 0.29) is 28.7 Å². The minimum absolute atomic E-state index is 0.0372. The molecule has 9 nitrogen and oxygen atoms in total. The lowest BCUT2D eigenvalue weighted by atomic mass is 10.1. The van der Waals surface area contributed by atoms with Crippen LogP contribution in [0.1, 0.15) is 5.56 Å². The first kappa shape index (κ1) is 24.2. The zero-order valence-corrected chi connectivity index (χ0v) is 18.9. The van der Waals surface area contributed by atoms with Crippen LogP contribution in [0.2, 0.25) is 0 Å². The van der Waals surface area contributed by atoms with Crippen LogP contribution in [0, 0.1) is 0 Å². The first-order valence-corrected chi connectivity index (χ1v) is 11.7. The summed E-state index contributed by atoms with van der Waals surface area (Å²) in [6.45, 7) is -1.12. The number of anilines is 3. The fourth-order valence-corrected chi connectivity index (χ4v) is 3.71. The molecule has 0 amide bonds. The van der Waals surface area contributed by atoms with Gasteiger partial charge in [-0.2, -0.15) is 18.2 Å². The molecule has 0 spiro atoms. The Hall–Kier alpha value is -3.97. The van der Waals surface area contributed by atoms with Gasteiger partial charge in [0.05, 0.1) is 16.1 Å². The SMILES string of the molecule is Nc1ccc(-c2ccc3nc(NCc4ccc(S(N)(=O)=O)cc4)nc(NCC(F)(F)F)c3n2)cc1. The van der Waals surface area contributed by atoms with Gasteiger partial charge in [0.15, 0.2) is 5.82 Å². The van der Waals surface area contributed by atoms with Crippen LogP contribution >= 0.6 is 0 Å². The van der Waals surface area contributed by atoms with E-state index in [1.54, 1.807) is 48.5 Å². The van der Waals surface area contributed by atoms with Gasteiger partial charge in [-0.3, -0.25) is 0 Å². The number of fused-ring (bicyclic) bond motifs is 1. The second-order valence-corrected chi connectivity index (χ2v) is 9.15. The maximum Gasteiger partial charge on any atom is 0.405 e. The van der Waals surface area contributed by atoms with E-state index < -0.39 is 22.7 Å². The summed E-state index contributed by atoms with van der Waals surface area (Å²) < 4.78 is 61.5. The van der Waals surface area contributed by atoms with Gasteiger partial charge >= 0.3 is 6.18 Å². The molecule has 0 radical (unpaired) electrons. The Morgan fingerprint density at radius 3 is 2.17 bits per heavy atom. The van der Waals surface area contributed by atoms with Crippen LogP contribution in [-0.4, -0.2) is 36.1 Å². The zero-order valence-electron chi connectivity index (χ0n) is 18.0. The summed E-state index contributed by atoms with van der Waals surface area (Å²) in [5.74, 6) is -0.0172. The lowest BCUT2D eigenvalue weighted by Crippen LogP contribution is -2.22. The monoisotopic (exact) mass is 503 g/mol. The normalized spacial score (nSPS) is 12.0. The maximum atomic E-state index is 12.9. The van der Waals surface area contributed by atoms with Gasteiger partial charge in [0.2, 0.25) is 16.0 Å². The van der Waals surface area contributed by atoms with Gasteiger partial charge in [-0.25, -0.2) is 23.5 Å². The molecule has 13 heteroatoms. The van der Waals surface area contributed by atoms with Crippen molar-refractivity contribution in [2.75, 3.05) is 22.9 Å². The molecule has 4 aromatic rings. The van der Waals surface area contributed by atoms with Crippen LogP contribution in [-0.2, 0) is 16.6 Å². The van der Waals surface area contributed by atoms with Crippen LogP contribution in [0.15, 0.2) is 65.6 Å². The number of benzene rings is 2. The molecule has 0 saturated carbocycles. The number of alkyl halides is 3. The van der Waals surface area contributed by atoms with Crippen molar-refractivity contribution < 1.29 is 21.6 Å². The number of nitrogens with one attached hydrogen (secondary N) is 2. The molecule has 0 aliphatic rings. The Morgan fingerprint density at radius 2 is 1.54 bits per heavy atom. The Kier molecular flexibility index (Phi) is 6.45. The van der Waals surface area contributed by atoms with Gasteiger partial charge in [-0.05, 0) is 42.0 Å². The van der Waals surface area contributed by atoms with Gasteiger partial charge in [0, 0.05) is 17.8 Å². The third-order valence-corrected chi connectivity index (χ3v) is 5.84. The molecule has 0 fully saturated rings. The van der Waals surface area contributed by atoms with E-state index in [0.717, 1.165) is 5.56 Å². The van der Waals surface area contributed by atoms with E-state index in [1.165, 1.54) is 12.1 Å². The van der Waals surface area contributed by atoms with Crippen LogP contribution < -0.4 is 21.5 Å². The summed E-state index contributed by atoms with van der Waals surface area (Å²) >= 11 is 0. The number of nitrogen functional groups attached to an aromatic ring is 1. The number of hydrogen-bond donors (Lipinski definition) is 4. The number of sulfonamides is 1. The van der Waals surface area contributed by atoms with Crippen molar-refractivity contribution in [3.8, 4) is 11.3 Å².